The first-order valence-electron chi connectivity index (χ1n) is 10.4. The van der Waals surface area contributed by atoms with Crippen LogP contribution in [-0.4, -0.2) is 36.0 Å². The van der Waals surface area contributed by atoms with Crippen LogP contribution in [0.3, 0.4) is 0 Å². The number of carbonyl (C=O) groups is 1. The Balaban J connectivity index is 1.55. The van der Waals surface area contributed by atoms with Gasteiger partial charge in [-0.05, 0) is 36.8 Å². The van der Waals surface area contributed by atoms with Gasteiger partial charge in [-0.2, -0.15) is 5.10 Å². The summed E-state index contributed by atoms with van der Waals surface area (Å²) in [6.07, 6.45) is 6.96. The largest absolute Gasteiger partial charge is 0.325 e. The Morgan fingerprint density at radius 2 is 2.12 bits per heavy atom. The molecule has 0 aliphatic rings. The molecule has 3 N–H and O–H groups in total. The fourth-order valence-corrected chi connectivity index (χ4v) is 3.64. The molecule has 4 heterocycles. The van der Waals surface area contributed by atoms with Gasteiger partial charge in [0.15, 0.2) is 11.5 Å². The Bertz CT molecular complexity index is 1410. The molecule has 4 aromatic heterocycles. The summed E-state index contributed by atoms with van der Waals surface area (Å²) in [4.78, 5) is 28.1. The molecule has 0 radical (unpaired) electrons. The number of nitrogens with one attached hydrogen (secondary N) is 3. The van der Waals surface area contributed by atoms with Crippen molar-refractivity contribution in [2.24, 2.45) is 0 Å². The van der Waals surface area contributed by atoms with Gasteiger partial charge in [0.1, 0.15) is 17.0 Å². The zero-order chi connectivity index (χ0) is 22.1. The molecule has 8 nitrogen and oxygen atoms in total. The zero-order valence-corrected chi connectivity index (χ0v) is 17.3. The van der Waals surface area contributed by atoms with E-state index in [2.05, 4.69) is 35.5 Å². The molecule has 0 bridgehead atoms. The maximum atomic E-state index is 15.7. The van der Waals surface area contributed by atoms with Gasteiger partial charge in [0.2, 0.25) is 5.91 Å². The van der Waals surface area contributed by atoms with Crippen LogP contribution in [0.4, 0.5) is 10.1 Å². The summed E-state index contributed by atoms with van der Waals surface area (Å²) in [6, 6.07) is 8.75. The number of carbonyl (C=O) groups excluding carboxylic acids is 1. The lowest BCUT2D eigenvalue weighted by Crippen LogP contribution is -2.11. The summed E-state index contributed by atoms with van der Waals surface area (Å²) in [5, 5.41) is 10.3. The number of fused-ring (bicyclic) bond motifs is 2. The van der Waals surface area contributed by atoms with E-state index < -0.39 is 5.82 Å². The quantitative estimate of drug-likeness (QED) is 0.358. The standard InChI is InChI=1S/C23H20FN7O/c1-2-3-6-18(32)27-14-10-13(11-25-12-14)15-7-8-16-19(20(15)24)21(31-30-16)23-28-17-5-4-9-26-22(17)29-23/h4-5,7-12H,2-3,6H2,1H3,(H,27,32)(H,30,31)(H,26,28,29). The Kier molecular flexibility index (Phi) is 5.06. The fraction of sp³-hybridized carbons (Fsp3) is 0.174. The number of H-pyrrole nitrogens is 2. The molecule has 0 saturated carbocycles. The molecule has 5 rings (SSSR count). The Hall–Kier alpha value is -4.14. The van der Waals surface area contributed by atoms with Crippen molar-refractivity contribution in [2.75, 3.05) is 5.32 Å². The molecule has 0 saturated heterocycles. The molecule has 160 valence electrons. The summed E-state index contributed by atoms with van der Waals surface area (Å²) in [5.74, 6) is -0.107. The van der Waals surface area contributed by atoms with Gasteiger partial charge in [0, 0.05) is 29.9 Å². The van der Waals surface area contributed by atoms with Gasteiger partial charge in [-0.1, -0.05) is 13.3 Å². The van der Waals surface area contributed by atoms with Crippen LogP contribution in [0.25, 0.3) is 44.7 Å². The number of imidazole rings is 1. The SMILES string of the molecule is CCCCC(=O)Nc1cncc(-c2ccc3[nH]nc(-c4nc5cccnc5[nH]4)c3c2F)c1. The second kappa shape index (κ2) is 8.18. The maximum absolute atomic E-state index is 15.7. The highest BCUT2D eigenvalue weighted by molar-refractivity contribution is 5.96. The molecule has 5 aromatic rings. The van der Waals surface area contributed by atoms with E-state index in [9.17, 15) is 4.79 Å². The number of hydrogen-bond donors (Lipinski definition) is 3. The van der Waals surface area contributed by atoms with Crippen LogP contribution in [0.15, 0.2) is 48.9 Å². The average molecular weight is 429 g/mol. The average Bonchev–Trinajstić information content (AvgIpc) is 3.42. The lowest BCUT2D eigenvalue weighted by atomic mass is 10.0. The van der Waals surface area contributed by atoms with Crippen molar-refractivity contribution in [3.05, 3.63) is 54.7 Å². The normalized spacial score (nSPS) is 11.3. The van der Waals surface area contributed by atoms with E-state index in [1.54, 1.807) is 42.9 Å². The van der Waals surface area contributed by atoms with Crippen LogP contribution in [0.1, 0.15) is 26.2 Å². The van der Waals surface area contributed by atoms with Crippen molar-refractivity contribution in [3.8, 4) is 22.6 Å². The van der Waals surface area contributed by atoms with Crippen LogP contribution in [-0.2, 0) is 4.79 Å². The van der Waals surface area contributed by atoms with E-state index >= 15 is 4.39 Å². The summed E-state index contributed by atoms with van der Waals surface area (Å²) in [5.41, 5.74) is 3.62. The number of benzene rings is 1. The number of halogens is 1. The van der Waals surface area contributed by atoms with Crippen LogP contribution < -0.4 is 5.32 Å². The van der Waals surface area contributed by atoms with Gasteiger partial charge < -0.3 is 10.3 Å². The molecule has 0 spiro atoms. The molecule has 0 atom stereocenters. The number of aromatic nitrogens is 6. The second-order valence-corrected chi connectivity index (χ2v) is 7.49. The first-order chi connectivity index (χ1) is 15.6. The summed E-state index contributed by atoms with van der Waals surface area (Å²) in [7, 11) is 0. The van der Waals surface area contributed by atoms with Crippen molar-refractivity contribution >= 4 is 33.7 Å². The number of anilines is 1. The molecule has 32 heavy (non-hydrogen) atoms. The van der Waals surface area contributed by atoms with Crippen molar-refractivity contribution in [3.63, 3.8) is 0 Å². The van der Waals surface area contributed by atoms with Crippen molar-refractivity contribution in [1.29, 1.82) is 0 Å². The lowest BCUT2D eigenvalue weighted by molar-refractivity contribution is -0.116. The minimum atomic E-state index is -0.448. The topological polar surface area (TPSA) is 112 Å². The summed E-state index contributed by atoms with van der Waals surface area (Å²) >= 11 is 0. The molecule has 0 aliphatic heterocycles. The molecule has 1 amide bonds. The molecular formula is C23H20FN7O. The van der Waals surface area contributed by atoms with Gasteiger partial charge in [-0.25, -0.2) is 14.4 Å². The van der Waals surface area contributed by atoms with Gasteiger partial charge >= 0.3 is 0 Å². The van der Waals surface area contributed by atoms with Crippen LogP contribution in [0.5, 0.6) is 0 Å². The van der Waals surface area contributed by atoms with Crippen molar-refractivity contribution in [1.82, 2.24) is 30.1 Å². The highest BCUT2D eigenvalue weighted by Crippen LogP contribution is 2.34. The maximum Gasteiger partial charge on any atom is 0.224 e. The number of unbranched alkanes of at least 4 members (excludes halogenated alkanes) is 1. The third kappa shape index (κ3) is 3.58. The van der Waals surface area contributed by atoms with E-state index in [1.807, 2.05) is 13.0 Å². The summed E-state index contributed by atoms with van der Waals surface area (Å²) in [6.45, 7) is 2.03. The number of nitrogens with zero attached hydrogens (tertiary/aromatic N) is 4. The fourth-order valence-electron chi connectivity index (χ4n) is 3.64. The predicted molar refractivity (Wildman–Crippen MR) is 120 cm³/mol. The third-order valence-corrected chi connectivity index (χ3v) is 5.24. The molecule has 0 fully saturated rings. The second-order valence-electron chi connectivity index (χ2n) is 7.49. The highest BCUT2D eigenvalue weighted by Gasteiger charge is 2.19. The van der Waals surface area contributed by atoms with Gasteiger partial charge in [0.05, 0.1) is 22.8 Å². The van der Waals surface area contributed by atoms with E-state index in [0.717, 1.165) is 12.8 Å². The number of aromatic amines is 2. The number of rotatable bonds is 6. The summed E-state index contributed by atoms with van der Waals surface area (Å²) < 4.78 is 15.7. The first kappa shape index (κ1) is 19.8. The number of hydrogen-bond acceptors (Lipinski definition) is 5. The first-order valence-corrected chi connectivity index (χ1v) is 10.4. The smallest absolute Gasteiger partial charge is 0.224 e. The molecule has 0 unspecified atom stereocenters. The zero-order valence-electron chi connectivity index (χ0n) is 17.3. The van der Waals surface area contributed by atoms with E-state index in [0.29, 0.717) is 56.8 Å². The number of amides is 1. The predicted octanol–water partition coefficient (Wildman–Crippen LogP) is 4.83. The van der Waals surface area contributed by atoms with Gasteiger partial charge in [0.25, 0.3) is 0 Å². The highest BCUT2D eigenvalue weighted by atomic mass is 19.1. The Labute approximate surface area is 182 Å². The van der Waals surface area contributed by atoms with Crippen LogP contribution in [0, 0.1) is 5.82 Å². The van der Waals surface area contributed by atoms with Gasteiger partial charge in [-0.3, -0.25) is 14.9 Å². The van der Waals surface area contributed by atoms with Crippen molar-refractivity contribution < 1.29 is 9.18 Å². The lowest BCUT2D eigenvalue weighted by Gasteiger charge is -2.08. The minimum absolute atomic E-state index is 0.0858. The van der Waals surface area contributed by atoms with Crippen LogP contribution in [0.2, 0.25) is 0 Å². The minimum Gasteiger partial charge on any atom is -0.325 e. The van der Waals surface area contributed by atoms with Gasteiger partial charge in [-0.15, -0.1) is 0 Å². The molecule has 9 heteroatoms. The van der Waals surface area contributed by atoms with Crippen molar-refractivity contribution in [2.45, 2.75) is 26.2 Å². The number of pyridine rings is 2. The van der Waals surface area contributed by atoms with E-state index in [-0.39, 0.29) is 5.91 Å². The third-order valence-electron chi connectivity index (χ3n) is 5.24. The molecular weight excluding hydrogens is 409 g/mol. The van der Waals surface area contributed by atoms with Crippen LogP contribution >= 0.6 is 0 Å². The molecule has 0 aliphatic carbocycles. The monoisotopic (exact) mass is 429 g/mol. The van der Waals surface area contributed by atoms with E-state index in [4.69, 9.17) is 0 Å². The molecule has 1 aromatic carbocycles. The Morgan fingerprint density at radius 1 is 1.22 bits per heavy atom. The Morgan fingerprint density at radius 3 is 2.97 bits per heavy atom. The van der Waals surface area contributed by atoms with E-state index in [1.165, 1.54) is 0 Å².